The Bertz CT molecular complexity index is 107. The lowest BCUT2D eigenvalue weighted by Gasteiger charge is -2.16. The lowest BCUT2D eigenvalue weighted by atomic mass is 10.2. The number of hydrogen-bond acceptors (Lipinski definition) is 3. The molecular weight excluding hydrogens is 166 g/mol. The highest BCUT2D eigenvalue weighted by Gasteiger charge is 2.05. The first-order valence-electron chi connectivity index (χ1n) is 5.17. The van der Waals surface area contributed by atoms with Crippen LogP contribution < -0.4 is 5.32 Å². The Morgan fingerprint density at radius 2 is 2.00 bits per heavy atom. The van der Waals surface area contributed by atoms with Crippen LogP contribution in [0.1, 0.15) is 33.6 Å². The molecule has 0 spiro atoms. The van der Waals surface area contributed by atoms with Crippen LogP contribution in [0.25, 0.3) is 0 Å². The van der Waals surface area contributed by atoms with Crippen molar-refractivity contribution >= 4 is 0 Å². The van der Waals surface area contributed by atoms with Crippen molar-refractivity contribution < 1.29 is 9.84 Å². The van der Waals surface area contributed by atoms with Gasteiger partial charge in [0.05, 0.1) is 6.10 Å². The van der Waals surface area contributed by atoms with Gasteiger partial charge in [0.15, 0.2) is 0 Å². The first-order valence-corrected chi connectivity index (χ1v) is 5.17. The van der Waals surface area contributed by atoms with Crippen molar-refractivity contribution in [2.75, 3.05) is 19.8 Å². The molecular formula is C10H23NO2. The van der Waals surface area contributed by atoms with Crippen LogP contribution >= 0.6 is 0 Å². The lowest BCUT2D eigenvalue weighted by Crippen LogP contribution is -2.36. The van der Waals surface area contributed by atoms with E-state index in [9.17, 15) is 0 Å². The second-order valence-corrected chi connectivity index (χ2v) is 3.45. The average molecular weight is 189 g/mol. The summed E-state index contributed by atoms with van der Waals surface area (Å²) in [4.78, 5) is 0. The summed E-state index contributed by atoms with van der Waals surface area (Å²) in [6, 6.07) is 0.172. The highest BCUT2D eigenvalue weighted by molar-refractivity contribution is 4.65. The van der Waals surface area contributed by atoms with Gasteiger partial charge in [-0.2, -0.15) is 0 Å². The molecule has 0 saturated heterocycles. The summed E-state index contributed by atoms with van der Waals surface area (Å²) >= 11 is 0. The fourth-order valence-electron chi connectivity index (χ4n) is 0.921. The van der Waals surface area contributed by atoms with Crippen LogP contribution in [0, 0.1) is 0 Å². The van der Waals surface area contributed by atoms with Gasteiger partial charge in [-0.25, -0.2) is 0 Å². The van der Waals surface area contributed by atoms with Gasteiger partial charge in [0.2, 0.25) is 0 Å². The Kier molecular flexibility index (Phi) is 8.40. The molecule has 2 atom stereocenters. The van der Waals surface area contributed by atoms with E-state index in [0.717, 1.165) is 32.6 Å². The molecule has 0 bridgehead atoms. The summed E-state index contributed by atoms with van der Waals surface area (Å²) in [5, 5.41) is 12.4. The number of nitrogens with one attached hydrogen (secondary N) is 1. The molecule has 80 valence electrons. The van der Waals surface area contributed by atoms with Crippen molar-refractivity contribution in [3.63, 3.8) is 0 Å². The van der Waals surface area contributed by atoms with Crippen molar-refractivity contribution in [3.05, 3.63) is 0 Å². The summed E-state index contributed by atoms with van der Waals surface area (Å²) in [6.45, 7) is 8.46. The van der Waals surface area contributed by atoms with Crippen molar-refractivity contribution in [2.24, 2.45) is 0 Å². The maximum Gasteiger partial charge on any atom is 0.0662 e. The van der Waals surface area contributed by atoms with Gasteiger partial charge in [-0.15, -0.1) is 0 Å². The summed E-state index contributed by atoms with van der Waals surface area (Å²) in [7, 11) is 0. The Balaban J connectivity index is 3.07. The van der Waals surface area contributed by atoms with Crippen LogP contribution in [0.15, 0.2) is 0 Å². The number of aliphatic hydroxyl groups is 1. The second-order valence-electron chi connectivity index (χ2n) is 3.45. The molecule has 0 rings (SSSR count). The molecule has 2 N–H and O–H groups in total. The summed E-state index contributed by atoms with van der Waals surface area (Å²) in [6.07, 6.45) is 1.81. The van der Waals surface area contributed by atoms with E-state index in [1.54, 1.807) is 6.92 Å². The third-order valence-electron chi connectivity index (χ3n) is 2.00. The van der Waals surface area contributed by atoms with Crippen LogP contribution in [0.5, 0.6) is 0 Å². The van der Waals surface area contributed by atoms with E-state index in [4.69, 9.17) is 9.84 Å². The van der Waals surface area contributed by atoms with E-state index in [2.05, 4.69) is 12.2 Å². The molecule has 0 radical (unpaired) electrons. The Labute approximate surface area is 81.5 Å². The number of hydrogen-bond donors (Lipinski definition) is 2. The minimum Gasteiger partial charge on any atom is -0.392 e. The van der Waals surface area contributed by atoms with Gasteiger partial charge in [-0.05, 0) is 33.2 Å². The third kappa shape index (κ3) is 8.22. The van der Waals surface area contributed by atoms with Gasteiger partial charge < -0.3 is 15.2 Å². The Morgan fingerprint density at radius 1 is 1.31 bits per heavy atom. The molecule has 0 aliphatic heterocycles. The number of ether oxygens (including phenoxy) is 1. The summed E-state index contributed by atoms with van der Waals surface area (Å²) < 4.78 is 5.32. The smallest absolute Gasteiger partial charge is 0.0662 e. The molecule has 0 aliphatic rings. The fourth-order valence-corrected chi connectivity index (χ4v) is 0.921. The summed E-state index contributed by atoms with van der Waals surface area (Å²) in [5.74, 6) is 0. The van der Waals surface area contributed by atoms with E-state index in [1.807, 2.05) is 6.92 Å². The molecule has 3 nitrogen and oxygen atoms in total. The number of rotatable bonds is 8. The molecule has 3 heteroatoms. The van der Waals surface area contributed by atoms with E-state index in [-0.39, 0.29) is 12.1 Å². The van der Waals surface area contributed by atoms with Crippen molar-refractivity contribution in [1.29, 1.82) is 0 Å². The quantitative estimate of drug-likeness (QED) is 0.563. The van der Waals surface area contributed by atoms with Crippen molar-refractivity contribution in [2.45, 2.75) is 45.8 Å². The highest BCUT2D eigenvalue weighted by atomic mass is 16.5. The molecule has 0 amide bonds. The van der Waals surface area contributed by atoms with Crippen molar-refractivity contribution in [3.8, 4) is 0 Å². The SMILES string of the molecule is CCCOCCCNC(C)C(C)O. The van der Waals surface area contributed by atoms with E-state index in [0.29, 0.717) is 0 Å². The van der Waals surface area contributed by atoms with E-state index < -0.39 is 0 Å². The monoisotopic (exact) mass is 189 g/mol. The first-order chi connectivity index (χ1) is 6.18. The normalized spacial score (nSPS) is 15.7. The first kappa shape index (κ1) is 12.9. The van der Waals surface area contributed by atoms with Gasteiger partial charge in [0, 0.05) is 19.3 Å². The fraction of sp³-hybridized carbons (Fsp3) is 1.00. The molecule has 0 aromatic rings. The van der Waals surface area contributed by atoms with Gasteiger partial charge in [0.25, 0.3) is 0 Å². The molecule has 2 unspecified atom stereocenters. The number of aliphatic hydroxyl groups excluding tert-OH is 1. The average Bonchev–Trinajstić information content (AvgIpc) is 2.10. The molecule has 0 aromatic carbocycles. The van der Waals surface area contributed by atoms with E-state index >= 15 is 0 Å². The maximum atomic E-state index is 9.17. The molecule has 0 saturated carbocycles. The van der Waals surface area contributed by atoms with Gasteiger partial charge >= 0.3 is 0 Å². The predicted octanol–water partition coefficient (Wildman–Crippen LogP) is 1.16. The molecule has 0 heterocycles. The molecule has 0 fully saturated rings. The highest BCUT2D eigenvalue weighted by Crippen LogP contribution is 1.91. The molecule has 0 aromatic heterocycles. The van der Waals surface area contributed by atoms with Crippen LogP contribution in [-0.4, -0.2) is 37.0 Å². The minimum atomic E-state index is -0.281. The zero-order valence-corrected chi connectivity index (χ0v) is 9.05. The van der Waals surface area contributed by atoms with Crippen LogP contribution in [0.2, 0.25) is 0 Å². The van der Waals surface area contributed by atoms with Crippen LogP contribution in [0.4, 0.5) is 0 Å². The summed E-state index contributed by atoms with van der Waals surface area (Å²) in [5.41, 5.74) is 0. The Morgan fingerprint density at radius 3 is 2.54 bits per heavy atom. The van der Waals surface area contributed by atoms with Crippen LogP contribution in [0.3, 0.4) is 0 Å². The zero-order valence-electron chi connectivity index (χ0n) is 9.05. The van der Waals surface area contributed by atoms with E-state index in [1.165, 1.54) is 0 Å². The van der Waals surface area contributed by atoms with Crippen LogP contribution in [-0.2, 0) is 4.74 Å². The topological polar surface area (TPSA) is 41.5 Å². The van der Waals surface area contributed by atoms with Gasteiger partial charge in [-0.1, -0.05) is 6.92 Å². The standard InChI is InChI=1S/C10H23NO2/c1-4-7-13-8-5-6-11-9(2)10(3)12/h9-12H,4-8H2,1-3H3. The van der Waals surface area contributed by atoms with Gasteiger partial charge in [-0.3, -0.25) is 0 Å². The largest absolute Gasteiger partial charge is 0.392 e. The Hall–Kier alpha value is -0.120. The van der Waals surface area contributed by atoms with Gasteiger partial charge in [0.1, 0.15) is 0 Å². The third-order valence-corrected chi connectivity index (χ3v) is 2.00. The minimum absolute atomic E-state index is 0.172. The zero-order chi connectivity index (χ0) is 10.1. The van der Waals surface area contributed by atoms with Crippen molar-refractivity contribution in [1.82, 2.24) is 5.32 Å². The maximum absolute atomic E-state index is 9.17. The molecule has 13 heavy (non-hydrogen) atoms. The predicted molar refractivity (Wildman–Crippen MR) is 54.9 cm³/mol. The molecule has 0 aliphatic carbocycles. The second kappa shape index (κ2) is 8.48. The lowest BCUT2D eigenvalue weighted by molar-refractivity contribution is 0.125.